The Bertz CT molecular complexity index is 202. The van der Waals surface area contributed by atoms with Crippen LogP contribution >= 0.6 is 8.38 Å². The summed E-state index contributed by atoms with van der Waals surface area (Å²) in [6.45, 7) is 0. The molecule has 0 spiro atoms. The van der Waals surface area contributed by atoms with E-state index in [-0.39, 0.29) is 12.6 Å². The molecule has 6 N–H and O–H groups in total. The molecule has 1 aliphatic heterocycles. The summed E-state index contributed by atoms with van der Waals surface area (Å²) >= 11 is 0. The highest BCUT2D eigenvalue weighted by Gasteiger charge is 2.42. The Balaban J connectivity index is 2.51. The molecular formula is C7H15O7P. The van der Waals surface area contributed by atoms with Crippen molar-refractivity contribution in [1.82, 2.24) is 0 Å². The maximum absolute atomic E-state index is 9.44. The van der Waals surface area contributed by atoms with Gasteiger partial charge < -0.3 is 34.9 Å². The topological polar surface area (TPSA) is 131 Å². The largest absolute Gasteiger partial charge is 0.388 e. The summed E-state index contributed by atoms with van der Waals surface area (Å²) in [6, 6.07) is 0. The van der Waals surface area contributed by atoms with Crippen LogP contribution in [0.5, 0.6) is 0 Å². The third-order valence-electron chi connectivity index (χ3n) is 2.30. The summed E-state index contributed by atoms with van der Waals surface area (Å²) in [7, 11) is -2.10. The molecule has 1 heterocycles. The van der Waals surface area contributed by atoms with Gasteiger partial charge in [-0.3, -0.25) is 0 Å². The molecule has 0 aromatic rings. The molecule has 1 fully saturated rings. The minimum absolute atomic E-state index is 0.00654. The number of rotatable bonds is 3. The number of hydrogen-bond acceptors (Lipinski definition) is 7. The van der Waals surface area contributed by atoms with Crippen molar-refractivity contribution in [3.8, 4) is 0 Å². The van der Waals surface area contributed by atoms with E-state index in [0.717, 1.165) is 0 Å². The lowest BCUT2D eigenvalue weighted by Gasteiger charge is -2.38. The van der Waals surface area contributed by atoms with Crippen molar-refractivity contribution in [2.45, 2.75) is 37.1 Å². The van der Waals surface area contributed by atoms with E-state index in [1.54, 1.807) is 0 Å². The van der Waals surface area contributed by atoms with Crippen molar-refractivity contribution in [1.29, 1.82) is 0 Å². The monoisotopic (exact) mass is 242 g/mol. The van der Waals surface area contributed by atoms with Gasteiger partial charge in [0.2, 0.25) is 0 Å². The van der Waals surface area contributed by atoms with E-state index >= 15 is 0 Å². The molecule has 3 unspecified atom stereocenters. The van der Waals surface area contributed by atoms with Gasteiger partial charge in [0.1, 0.15) is 18.3 Å². The van der Waals surface area contributed by atoms with Crippen molar-refractivity contribution >= 4 is 8.38 Å². The Hall–Kier alpha value is 0.150. The van der Waals surface area contributed by atoms with Crippen LogP contribution in [0.2, 0.25) is 0 Å². The van der Waals surface area contributed by atoms with E-state index < -0.39 is 39.1 Å². The maximum Gasteiger partial charge on any atom is 0.183 e. The molecule has 7 nitrogen and oxygen atoms in total. The zero-order valence-corrected chi connectivity index (χ0v) is 8.73. The third-order valence-corrected chi connectivity index (χ3v) is 2.96. The first-order valence-corrected chi connectivity index (χ1v) is 5.89. The minimum atomic E-state index is -2.10. The Labute approximate surface area is 87.5 Å². The molecule has 0 amide bonds. The predicted molar refractivity (Wildman–Crippen MR) is 49.7 cm³/mol. The van der Waals surface area contributed by atoms with Crippen LogP contribution in [0.3, 0.4) is 0 Å². The lowest BCUT2D eigenvalue weighted by molar-refractivity contribution is -0.281. The number of aliphatic hydroxyl groups excluding tert-OH is 4. The third kappa shape index (κ3) is 3.30. The highest BCUT2D eigenvalue weighted by atomic mass is 31.2. The molecule has 8 heteroatoms. The Morgan fingerprint density at radius 3 is 2.07 bits per heavy atom. The molecule has 0 aromatic heterocycles. The van der Waals surface area contributed by atoms with Crippen LogP contribution < -0.4 is 0 Å². The molecule has 90 valence electrons. The van der Waals surface area contributed by atoms with E-state index in [4.69, 9.17) is 24.7 Å². The molecule has 1 aliphatic rings. The standard InChI is InChI=1S/C7H15O7P/c8-4-3(1-2-15(12)13)14-7(11)6(10)5(4)9/h3-13H,1-2H2/t3?,4-,5?,6?,7+/m1/s1. The molecule has 15 heavy (non-hydrogen) atoms. The van der Waals surface area contributed by atoms with Crippen LogP contribution in [0.25, 0.3) is 0 Å². The van der Waals surface area contributed by atoms with Crippen LogP contribution in [0, 0.1) is 0 Å². The molecule has 1 saturated heterocycles. The van der Waals surface area contributed by atoms with Gasteiger partial charge in [0.15, 0.2) is 14.7 Å². The van der Waals surface area contributed by atoms with Gasteiger partial charge in [-0.1, -0.05) is 0 Å². The van der Waals surface area contributed by atoms with E-state index in [1.165, 1.54) is 0 Å². The summed E-state index contributed by atoms with van der Waals surface area (Å²) in [5.41, 5.74) is 0. The lowest BCUT2D eigenvalue weighted by Crippen LogP contribution is -2.57. The quantitative estimate of drug-likeness (QED) is 0.301. The average molecular weight is 242 g/mol. The van der Waals surface area contributed by atoms with Crippen molar-refractivity contribution in [3.05, 3.63) is 0 Å². The van der Waals surface area contributed by atoms with E-state index in [9.17, 15) is 10.2 Å². The zero-order chi connectivity index (χ0) is 11.6. The molecule has 1 rings (SSSR count). The van der Waals surface area contributed by atoms with Crippen LogP contribution in [-0.2, 0) is 4.74 Å². The van der Waals surface area contributed by atoms with Gasteiger partial charge in [-0.25, -0.2) is 0 Å². The van der Waals surface area contributed by atoms with E-state index in [1.807, 2.05) is 0 Å². The van der Waals surface area contributed by atoms with Gasteiger partial charge in [-0.15, -0.1) is 0 Å². The number of ether oxygens (including phenoxy) is 1. The summed E-state index contributed by atoms with van der Waals surface area (Å²) < 4.78 is 4.82. The summed E-state index contributed by atoms with van der Waals surface area (Å²) in [5, 5.41) is 37.0. The first-order chi connectivity index (χ1) is 6.93. The van der Waals surface area contributed by atoms with E-state index in [0.29, 0.717) is 0 Å². The van der Waals surface area contributed by atoms with Crippen molar-refractivity contribution in [3.63, 3.8) is 0 Å². The van der Waals surface area contributed by atoms with Gasteiger partial charge in [0.25, 0.3) is 0 Å². The van der Waals surface area contributed by atoms with Crippen molar-refractivity contribution < 1.29 is 34.9 Å². The Kier molecular flexibility index (Phi) is 4.82. The van der Waals surface area contributed by atoms with Crippen molar-refractivity contribution in [2.75, 3.05) is 6.16 Å². The molecular weight excluding hydrogens is 227 g/mol. The maximum atomic E-state index is 9.44. The molecule has 0 aromatic carbocycles. The van der Waals surface area contributed by atoms with Crippen LogP contribution in [0.1, 0.15) is 6.42 Å². The SMILES string of the molecule is OC1C(O)[C@@H](O)OC(CCP(O)O)[C@H]1O. The minimum Gasteiger partial charge on any atom is -0.388 e. The normalized spacial score (nSPS) is 42.2. The Morgan fingerprint density at radius 1 is 0.933 bits per heavy atom. The first-order valence-electron chi connectivity index (χ1n) is 4.46. The van der Waals surface area contributed by atoms with Gasteiger partial charge >= 0.3 is 0 Å². The van der Waals surface area contributed by atoms with E-state index in [2.05, 4.69) is 0 Å². The lowest BCUT2D eigenvalue weighted by atomic mass is 9.97. The average Bonchev–Trinajstić information content (AvgIpc) is 2.18. The van der Waals surface area contributed by atoms with Crippen molar-refractivity contribution in [2.24, 2.45) is 0 Å². The molecule has 0 bridgehead atoms. The van der Waals surface area contributed by atoms with Gasteiger partial charge in [0, 0.05) is 6.16 Å². The van der Waals surface area contributed by atoms with Gasteiger partial charge in [0.05, 0.1) is 6.10 Å². The fraction of sp³-hybridized carbons (Fsp3) is 1.00. The number of aliphatic hydroxyl groups is 4. The predicted octanol–water partition coefficient (Wildman–Crippen LogP) is -2.53. The van der Waals surface area contributed by atoms with Gasteiger partial charge in [-0.05, 0) is 6.42 Å². The fourth-order valence-corrected chi connectivity index (χ4v) is 1.90. The first kappa shape index (κ1) is 13.2. The second kappa shape index (κ2) is 5.47. The summed E-state index contributed by atoms with van der Waals surface area (Å²) in [5.74, 6) is 0. The zero-order valence-electron chi connectivity index (χ0n) is 7.84. The Morgan fingerprint density at radius 2 is 1.53 bits per heavy atom. The fourth-order valence-electron chi connectivity index (χ4n) is 1.41. The van der Waals surface area contributed by atoms with Crippen LogP contribution in [-0.4, -0.2) is 67.1 Å². The molecule has 0 saturated carbocycles. The molecule has 0 aliphatic carbocycles. The molecule has 5 atom stereocenters. The van der Waals surface area contributed by atoms with Crippen LogP contribution in [0.4, 0.5) is 0 Å². The summed E-state index contributed by atoms with van der Waals surface area (Å²) in [6.07, 6.45) is -6.80. The highest BCUT2D eigenvalue weighted by molar-refractivity contribution is 7.45. The smallest absolute Gasteiger partial charge is 0.183 e. The van der Waals surface area contributed by atoms with Gasteiger partial charge in [-0.2, -0.15) is 0 Å². The number of hydrogen-bond donors (Lipinski definition) is 6. The second-order valence-electron chi connectivity index (χ2n) is 3.42. The highest BCUT2D eigenvalue weighted by Crippen LogP contribution is 2.28. The second-order valence-corrected chi connectivity index (χ2v) is 4.61. The summed E-state index contributed by atoms with van der Waals surface area (Å²) in [4.78, 5) is 17.3. The van der Waals surface area contributed by atoms with Crippen LogP contribution in [0.15, 0.2) is 0 Å². The molecule has 0 radical (unpaired) electrons.